The van der Waals surface area contributed by atoms with Crippen molar-refractivity contribution in [3.63, 3.8) is 0 Å². The maximum absolute atomic E-state index is 4.71. The Morgan fingerprint density at radius 1 is 1.30 bits per heavy atom. The van der Waals surface area contributed by atoms with E-state index in [0.717, 1.165) is 40.8 Å². The van der Waals surface area contributed by atoms with Crippen LogP contribution in [0.4, 0.5) is 5.82 Å². The lowest BCUT2D eigenvalue weighted by Crippen LogP contribution is -2.22. The number of anilines is 1. The molecule has 0 bridgehead atoms. The molecule has 0 aliphatic heterocycles. The Labute approximate surface area is 163 Å². The zero-order chi connectivity index (χ0) is 18.9. The van der Waals surface area contributed by atoms with E-state index in [9.17, 15) is 0 Å². The highest BCUT2D eigenvalue weighted by Gasteiger charge is 2.29. The first-order chi connectivity index (χ1) is 13.0. The number of thioether (sulfide) groups is 1. The van der Waals surface area contributed by atoms with E-state index in [0.29, 0.717) is 12.0 Å². The number of aromatic nitrogens is 5. The molecule has 4 rings (SSSR count). The van der Waals surface area contributed by atoms with Crippen molar-refractivity contribution in [1.29, 1.82) is 0 Å². The van der Waals surface area contributed by atoms with Crippen molar-refractivity contribution in [2.24, 2.45) is 5.41 Å². The van der Waals surface area contributed by atoms with Gasteiger partial charge in [0.05, 0.1) is 5.69 Å². The van der Waals surface area contributed by atoms with Gasteiger partial charge in [0.15, 0.2) is 5.16 Å². The summed E-state index contributed by atoms with van der Waals surface area (Å²) in [7, 11) is 0. The molecule has 0 radical (unpaired) electrons. The van der Waals surface area contributed by atoms with Crippen molar-refractivity contribution >= 4 is 17.6 Å². The molecule has 3 aromatic heterocycles. The van der Waals surface area contributed by atoms with Gasteiger partial charge in [-0.05, 0) is 42.6 Å². The average Bonchev–Trinajstić information content (AvgIpc) is 3.08. The quantitative estimate of drug-likeness (QED) is 0.512. The van der Waals surface area contributed by atoms with Gasteiger partial charge in [0, 0.05) is 36.3 Å². The van der Waals surface area contributed by atoms with Crippen molar-refractivity contribution < 1.29 is 0 Å². The van der Waals surface area contributed by atoms with Crippen LogP contribution in [0.1, 0.15) is 37.1 Å². The third-order valence-corrected chi connectivity index (χ3v) is 5.53. The minimum Gasteiger partial charge on any atom is -0.366 e. The molecule has 0 amide bonds. The highest BCUT2D eigenvalue weighted by atomic mass is 32.2. The first-order valence-corrected chi connectivity index (χ1v) is 10.4. The Kier molecular flexibility index (Phi) is 4.86. The normalized spacial score (nSPS) is 15.4. The van der Waals surface area contributed by atoms with Crippen LogP contribution < -0.4 is 5.32 Å². The van der Waals surface area contributed by atoms with Crippen LogP contribution in [0.2, 0.25) is 0 Å². The molecule has 140 valence electrons. The van der Waals surface area contributed by atoms with Crippen LogP contribution in [0, 0.1) is 5.41 Å². The SMILES string of the molecule is CSc1nc(NCc2cccnc2)cc(-c2n[nH]c3c2CCC(C)(C)C3)n1. The number of hydrogen-bond acceptors (Lipinski definition) is 6. The van der Waals surface area contributed by atoms with Crippen molar-refractivity contribution in [3.05, 3.63) is 47.4 Å². The van der Waals surface area contributed by atoms with Gasteiger partial charge in [0.1, 0.15) is 11.5 Å². The first-order valence-electron chi connectivity index (χ1n) is 9.16. The third-order valence-electron chi connectivity index (χ3n) is 4.99. The molecule has 1 aliphatic rings. The molecule has 0 atom stereocenters. The molecule has 27 heavy (non-hydrogen) atoms. The lowest BCUT2D eigenvalue weighted by molar-refractivity contribution is 0.312. The van der Waals surface area contributed by atoms with Crippen LogP contribution in [-0.2, 0) is 19.4 Å². The summed E-state index contributed by atoms with van der Waals surface area (Å²) in [6, 6.07) is 5.98. The molecule has 0 saturated carbocycles. The smallest absolute Gasteiger partial charge is 0.189 e. The summed E-state index contributed by atoms with van der Waals surface area (Å²) in [5.41, 5.74) is 5.82. The number of pyridine rings is 1. The number of nitrogens with one attached hydrogen (secondary N) is 2. The molecule has 1 aliphatic carbocycles. The Hall–Kier alpha value is -2.41. The summed E-state index contributed by atoms with van der Waals surface area (Å²) < 4.78 is 0. The molecule has 7 heteroatoms. The summed E-state index contributed by atoms with van der Waals surface area (Å²) in [5, 5.41) is 12.0. The zero-order valence-corrected chi connectivity index (χ0v) is 16.7. The van der Waals surface area contributed by atoms with Crippen LogP contribution in [0.15, 0.2) is 35.7 Å². The van der Waals surface area contributed by atoms with Gasteiger partial charge in [0.2, 0.25) is 0 Å². The number of nitrogens with zero attached hydrogens (tertiary/aromatic N) is 4. The van der Waals surface area contributed by atoms with E-state index >= 15 is 0 Å². The number of aromatic amines is 1. The highest BCUT2D eigenvalue weighted by molar-refractivity contribution is 7.98. The maximum atomic E-state index is 4.71. The average molecular weight is 381 g/mol. The van der Waals surface area contributed by atoms with E-state index in [4.69, 9.17) is 4.98 Å². The number of H-pyrrole nitrogens is 1. The van der Waals surface area contributed by atoms with E-state index in [1.54, 1.807) is 18.0 Å². The Balaban J connectivity index is 1.63. The highest BCUT2D eigenvalue weighted by Crippen LogP contribution is 2.37. The second kappa shape index (κ2) is 7.31. The molecule has 0 unspecified atom stereocenters. The van der Waals surface area contributed by atoms with E-state index in [1.165, 1.54) is 17.7 Å². The summed E-state index contributed by atoms with van der Waals surface area (Å²) in [4.78, 5) is 13.5. The summed E-state index contributed by atoms with van der Waals surface area (Å²) in [5.74, 6) is 0.807. The van der Waals surface area contributed by atoms with Gasteiger partial charge in [0.25, 0.3) is 0 Å². The lowest BCUT2D eigenvalue weighted by atomic mass is 9.76. The Morgan fingerprint density at radius 3 is 2.96 bits per heavy atom. The molecule has 0 aromatic carbocycles. The minimum absolute atomic E-state index is 0.323. The molecular formula is C20H24N6S. The third kappa shape index (κ3) is 3.98. The van der Waals surface area contributed by atoms with E-state index < -0.39 is 0 Å². The molecule has 3 aromatic rings. The second-order valence-corrected chi connectivity index (χ2v) is 8.48. The van der Waals surface area contributed by atoms with Gasteiger partial charge >= 0.3 is 0 Å². The number of fused-ring (bicyclic) bond motifs is 1. The van der Waals surface area contributed by atoms with Crippen molar-refractivity contribution in [1.82, 2.24) is 25.1 Å². The topological polar surface area (TPSA) is 79.4 Å². The van der Waals surface area contributed by atoms with Gasteiger partial charge in [-0.15, -0.1) is 0 Å². The monoisotopic (exact) mass is 380 g/mol. The molecule has 0 fully saturated rings. The largest absolute Gasteiger partial charge is 0.366 e. The predicted octanol–water partition coefficient (Wildman–Crippen LogP) is 4.11. The molecular weight excluding hydrogens is 356 g/mol. The molecule has 6 nitrogen and oxygen atoms in total. The molecule has 0 saturated heterocycles. The number of hydrogen-bond donors (Lipinski definition) is 2. The molecule has 0 spiro atoms. The summed E-state index contributed by atoms with van der Waals surface area (Å²) in [6.45, 7) is 5.30. The van der Waals surface area contributed by atoms with E-state index in [-0.39, 0.29) is 0 Å². The fraction of sp³-hybridized carbons (Fsp3) is 0.400. The van der Waals surface area contributed by atoms with Crippen LogP contribution >= 0.6 is 11.8 Å². The standard InChI is InChI=1S/C20H24N6S/c1-20(2)7-6-14-16(10-20)25-26-18(14)15-9-17(24-19(23-15)27-3)22-12-13-5-4-8-21-11-13/h4-5,8-9,11H,6-7,10,12H2,1-3H3,(H,25,26)(H,22,23,24). The Bertz CT molecular complexity index is 935. The minimum atomic E-state index is 0.323. The van der Waals surface area contributed by atoms with E-state index in [2.05, 4.69) is 39.3 Å². The maximum Gasteiger partial charge on any atom is 0.189 e. The summed E-state index contributed by atoms with van der Waals surface area (Å²) >= 11 is 1.54. The van der Waals surface area contributed by atoms with Gasteiger partial charge in [-0.25, -0.2) is 9.97 Å². The van der Waals surface area contributed by atoms with Gasteiger partial charge < -0.3 is 5.32 Å². The van der Waals surface area contributed by atoms with Crippen LogP contribution in [0.5, 0.6) is 0 Å². The van der Waals surface area contributed by atoms with Crippen molar-refractivity contribution in [2.45, 2.75) is 44.8 Å². The summed E-state index contributed by atoms with van der Waals surface area (Å²) in [6.07, 6.45) is 8.86. The molecule has 2 N–H and O–H groups in total. The van der Waals surface area contributed by atoms with Gasteiger partial charge in [-0.3, -0.25) is 10.1 Å². The van der Waals surface area contributed by atoms with Crippen LogP contribution in [0.3, 0.4) is 0 Å². The van der Waals surface area contributed by atoms with E-state index in [1.807, 2.05) is 30.7 Å². The van der Waals surface area contributed by atoms with Crippen molar-refractivity contribution in [2.75, 3.05) is 11.6 Å². The van der Waals surface area contributed by atoms with Crippen molar-refractivity contribution in [3.8, 4) is 11.4 Å². The first kappa shape index (κ1) is 18.0. The fourth-order valence-corrected chi connectivity index (χ4v) is 3.86. The second-order valence-electron chi connectivity index (χ2n) is 7.71. The Morgan fingerprint density at radius 2 is 2.19 bits per heavy atom. The lowest BCUT2D eigenvalue weighted by Gasteiger charge is -2.29. The van der Waals surface area contributed by atoms with Crippen LogP contribution in [-0.4, -0.2) is 31.4 Å². The number of rotatable bonds is 5. The van der Waals surface area contributed by atoms with Gasteiger partial charge in [-0.1, -0.05) is 31.7 Å². The van der Waals surface area contributed by atoms with Gasteiger partial charge in [-0.2, -0.15) is 5.10 Å². The zero-order valence-electron chi connectivity index (χ0n) is 15.9. The molecule has 3 heterocycles. The predicted molar refractivity (Wildman–Crippen MR) is 109 cm³/mol. The van der Waals surface area contributed by atoms with Crippen LogP contribution in [0.25, 0.3) is 11.4 Å². The fourth-order valence-electron chi connectivity index (χ4n) is 3.48.